The molecule has 0 saturated heterocycles. The lowest BCUT2D eigenvalue weighted by molar-refractivity contribution is 0.294. The standard InChI is InChI=1S/C21H26ClN/c1-2-3-4-5-6-17-7-9-18(10-8-17)11-12-19-13-14-20(16-23)21(22)15-19/h13-15,17-18H,2-10H2,1H3/t17-,18-. The normalized spacial score (nSPS) is 20.4. The number of nitriles is 1. The molecule has 122 valence electrons. The van der Waals surface area contributed by atoms with Crippen LogP contribution in [-0.2, 0) is 0 Å². The summed E-state index contributed by atoms with van der Waals surface area (Å²) < 4.78 is 0. The van der Waals surface area contributed by atoms with E-state index in [4.69, 9.17) is 16.9 Å². The van der Waals surface area contributed by atoms with Crippen LogP contribution in [0, 0.1) is 35.0 Å². The average molecular weight is 328 g/mol. The molecule has 0 N–H and O–H groups in total. The van der Waals surface area contributed by atoms with Gasteiger partial charge in [0.05, 0.1) is 10.6 Å². The monoisotopic (exact) mass is 327 g/mol. The van der Waals surface area contributed by atoms with E-state index in [9.17, 15) is 0 Å². The Morgan fingerprint density at radius 1 is 1.13 bits per heavy atom. The highest BCUT2D eigenvalue weighted by Crippen LogP contribution is 2.31. The highest BCUT2D eigenvalue weighted by molar-refractivity contribution is 6.31. The molecule has 0 amide bonds. The third-order valence-corrected chi connectivity index (χ3v) is 5.14. The molecule has 0 aliphatic heterocycles. The molecule has 1 aromatic carbocycles. The Morgan fingerprint density at radius 2 is 1.91 bits per heavy atom. The predicted molar refractivity (Wildman–Crippen MR) is 97.3 cm³/mol. The molecule has 0 atom stereocenters. The minimum Gasteiger partial charge on any atom is -0.192 e. The summed E-state index contributed by atoms with van der Waals surface area (Å²) in [5.41, 5.74) is 1.43. The summed E-state index contributed by atoms with van der Waals surface area (Å²) >= 11 is 6.05. The fourth-order valence-electron chi connectivity index (χ4n) is 3.32. The van der Waals surface area contributed by atoms with Crippen molar-refractivity contribution in [2.45, 2.75) is 64.7 Å². The summed E-state index contributed by atoms with van der Waals surface area (Å²) in [5, 5.41) is 9.38. The minimum absolute atomic E-state index is 0.495. The van der Waals surface area contributed by atoms with Crippen LogP contribution in [-0.4, -0.2) is 0 Å². The highest BCUT2D eigenvalue weighted by atomic mass is 35.5. The summed E-state index contributed by atoms with van der Waals surface area (Å²) in [6, 6.07) is 7.51. The molecule has 0 radical (unpaired) electrons. The SMILES string of the molecule is CCCCCC[C@H]1CC[C@H](C#Cc2ccc(C#N)c(Cl)c2)CC1. The number of unbranched alkanes of at least 4 members (excludes halogenated alkanes) is 3. The van der Waals surface area contributed by atoms with Crippen LogP contribution in [0.1, 0.15) is 75.8 Å². The van der Waals surface area contributed by atoms with Crippen LogP contribution in [0.5, 0.6) is 0 Å². The first kappa shape index (κ1) is 17.9. The quantitative estimate of drug-likeness (QED) is 0.457. The van der Waals surface area contributed by atoms with Gasteiger partial charge in [-0.15, -0.1) is 0 Å². The molecule has 1 aliphatic carbocycles. The first-order chi connectivity index (χ1) is 11.2. The zero-order valence-electron chi connectivity index (χ0n) is 14.1. The van der Waals surface area contributed by atoms with Crippen LogP contribution in [0.25, 0.3) is 0 Å². The summed E-state index contributed by atoms with van der Waals surface area (Å²) in [7, 11) is 0. The van der Waals surface area contributed by atoms with E-state index >= 15 is 0 Å². The van der Waals surface area contributed by atoms with Gasteiger partial charge in [0.1, 0.15) is 6.07 Å². The smallest absolute Gasteiger partial charge is 0.101 e. The van der Waals surface area contributed by atoms with E-state index in [0.29, 0.717) is 16.5 Å². The Labute approximate surface area is 146 Å². The van der Waals surface area contributed by atoms with Gasteiger partial charge in [-0.1, -0.05) is 62.5 Å². The number of benzene rings is 1. The predicted octanol–water partition coefficient (Wildman–Crippen LogP) is 6.34. The van der Waals surface area contributed by atoms with Crippen LogP contribution in [0.15, 0.2) is 18.2 Å². The van der Waals surface area contributed by atoms with Crippen LogP contribution in [0.3, 0.4) is 0 Å². The molecule has 0 bridgehead atoms. The van der Waals surface area contributed by atoms with Gasteiger partial charge in [0.25, 0.3) is 0 Å². The van der Waals surface area contributed by atoms with Crippen molar-refractivity contribution in [3.63, 3.8) is 0 Å². The van der Waals surface area contributed by atoms with Crippen LogP contribution in [0.4, 0.5) is 0 Å². The van der Waals surface area contributed by atoms with E-state index < -0.39 is 0 Å². The van der Waals surface area contributed by atoms with Gasteiger partial charge in [0, 0.05) is 11.5 Å². The van der Waals surface area contributed by atoms with Gasteiger partial charge in [-0.05, 0) is 49.8 Å². The third kappa shape index (κ3) is 5.93. The average Bonchev–Trinajstić information content (AvgIpc) is 2.58. The van der Waals surface area contributed by atoms with Gasteiger partial charge < -0.3 is 0 Å². The summed E-state index contributed by atoms with van der Waals surface area (Å²) in [6.45, 7) is 2.27. The molecule has 1 fully saturated rings. The number of rotatable bonds is 5. The molecule has 0 heterocycles. The van der Waals surface area contributed by atoms with E-state index in [0.717, 1.165) is 11.5 Å². The van der Waals surface area contributed by atoms with Crippen LogP contribution >= 0.6 is 11.6 Å². The van der Waals surface area contributed by atoms with E-state index in [1.807, 2.05) is 6.07 Å². The van der Waals surface area contributed by atoms with E-state index in [-0.39, 0.29) is 0 Å². The van der Waals surface area contributed by atoms with Crippen LogP contribution < -0.4 is 0 Å². The third-order valence-electron chi connectivity index (χ3n) is 4.82. The molecule has 1 saturated carbocycles. The molecule has 1 aromatic rings. The van der Waals surface area contributed by atoms with Gasteiger partial charge in [0.2, 0.25) is 0 Å². The number of hydrogen-bond donors (Lipinski definition) is 0. The molecule has 2 rings (SSSR count). The Kier molecular flexibility index (Phi) is 7.51. The van der Waals surface area contributed by atoms with Crippen molar-refractivity contribution in [3.05, 3.63) is 34.3 Å². The summed E-state index contributed by atoms with van der Waals surface area (Å²) in [4.78, 5) is 0. The van der Waals surface area contributed by atoms with Gasteiger partial charge in [0.15, 0.2) is 0 Å². The zero-order valence-corrected chi connectivity index (χ0v) is 14.8. The second-order valence-corrected chi connectivity index (χ2v) is 7.05. The first-order valence-corrected chi connectivity index (χ1v) is 9.32. The fourth-order valence-corrected chi connectivity index (χ4v) is 3.55. The molecule has 1 nitrogen and oxygen atoms in total. The van der Waals surface area contributed by atoms with Crippen molar-refractivity contribution in [3.8, 4) is 17.9 Å². The molecule has 0 spiro atoms. The second-order valence-electron chi connectivity index (χ2n) is 6.64. The Morgan fingerprint density at radius 3 is 2.57 bits per heavy atom. The Balaban J connectivity index is 1.79. The minimum atomic E-state index is 0.495. The summed E-state index contributed by atoms with van der Waals surface area (Å²) in [5.74, 6) is 8.09. The lowest BCUT2D eigenvalue weighted by Crippen LogP contribution is -2.13. The second kappa shape index (κ2) is 9.64. The molecule has 23 heavy (non-hydrogen) atoms. The largest absolute Gasteiger partial charge is 0.192 e. The highest BCUT2D eigenvalue weighted by Gasteiger charge is 2.19. The summed E-state index contributed by atoms with van der Waals surface area (Å²) in [6.07, 6.45) is 12.0. The lowest BCUT2D eigenvalue weighted by Gasteiger charge is -2.25. The molecule has 0 unspecified atom stereocenters. The van der Waals surface area contributed by atoms with E-state index in [1.165, 1.54) is 57.8 Å². The van der Waals surface area contributed by atoms with Gasteiger partial charge >= 0.3 is 0 Å². The van der Waals surface area contributed by atoms with Crippen LogP contribution in [0.2, 0.25) is 5.02 Å². The lowest BCUT2D eigenvalue weighted by atomic mass is 9.80. The van der Waals surface area contributed by atoms with Crippen molar-refractivity contribution in [1.29, 1.82) is 5.26 Å². The van der Waals surface area contributed by atoms with Crippen molar-refractivity contribution in [2.75, 3.05) is 0 Å². The van der Waals surface area contributed by atoms with Crippen molar-refractivity contribution < 1.29 is 0 Å². The zero-order chi connectivity index (χ0) is 16.5. The van der Waals surface area contributed by atoms with Crippen molar-refractivity contribution in [1.82, 2.24) is 0 Å². The topological polar surface area (TPSA) is 23.8 Å². The van der Waals surface area contributed by atoms with Crippen molar-refractivity contribution in [2.24, 2.45) is 11.8 Å². The first-order valence-electron chi connectivity index (χ1n) is 8.94. The van der Waals surface area contributed by atoms with Crippen molar-refractivity contribution >= 4 is 11.6 Å². The van der Waals surface area contributed by atoms with E-state index in [2.05, 4.69) is 24.8 Å². The maximum atomic E-state index is 8.89. The molecular weight excluding hydrogens is 302 g/mol. The molecule has 1 aliphatic rings. The molecule has 0 aromatic heterocycles. The maximum Gasteiger partial charge on any atom is 0.101 e. The molecular formula is C21H26ClN. The Hall–Kier alpha value is -1.44. The number of halogens is 1. The maximum absolute atomic E-state index is 8.89. The van der Waals surface area contributed by atoms with Gasteiger partial charge in [-0.25, -0.2) is 0 Å². The molecule has 2 heteroatoms. The number of nitrogens with zero attached hydrogens (tertiary/aromatic N) is 1. The van der Waals surface area contributed by atoms with Gasteiger partial charge in [-0.3, -0.25) is 0 Å². The van der Waals surface area contributed by atoms with Gasteiger partial charge in [-0.2, -0.15) is 5.26 Å². The number of hydrogen-bond acceptors (Lipinski definition) is 1. The fraction of sp³-hybridized carbons (Fsp3) is 0.571. The Bertz CT molecular complexity index is 594. The van der Waals surface area contributed by atoms with E-state index in [1.54, 1.807) is 12.1 Å².